The number of hydrogen-bond acceptors (Lipinski definition) is 1. The zero-order valence-corrected chi connectivity index (χ0v) is 13.9. The van der Waals surface area contributed by atoms with Crippen molar-refractivity contribution in [2.24, 2.45) is 23.7 Å². The predicted octanol–water partition coefficient (Wildman–Crippen LogP) is 4.48. The first-order valence-electron chi connectivity index (χ1n) is 6.25. The van der Waals surface area contributed by atoms with Gasteiger partial charge in [0.1, 0.15) is 9.75 Å². The molecule has 0 N–H and O–H groups in total. The summed E-state index contributed by atoms with van der Waals surface area (Å²) in [5, 5.41) is 0.642. The quantitative estimate of drug-likeness (QED) is 0.343. The number of hydrogen-bond donors (Lipinski definition) is 0. The maximum absolute atomic E-state index is 6.82. The van der Waals surface area contributed by atoms with Crippen molar-refractivity contribution in [1.82, 2.24) is 0 Å². The molecule has 4 fully saturated rings. The Labute approximate surface area is 140 Å². The van der Waals surface area contributed by atoms with Crippen LogP contribution in [-0.4, -0.2) is 26.3 Å². The summed E-state index contributed by atoms with van der Waals surface area (Å²) >= 11 is 39.5. The molecule has 0 spiro atoms. The van der Waals surface area contributed by atoms with Crippen LogP contribution in [-0.2, 0) is 4.74 Å². The first-order chi connectivity index (χ1) is 8.78. The van der Waals surface area contributed by atoms with Crippen LogP contribution in [0.1, 0.15) is 6.42 Å². The van der Waals surface area contributed by atoms with Gasteiger partial charge in [-0.1, -0.05) is 46.4 Å². The van der Waals surface area contributed by atoms with E-state index < -0.39 is 14.1 Å². The number of alkyl halides is 4. The second kappa shape index (κ2) is 3.20. The monoisotopic (exact) mass is 378 g/mol. The maximum atomic E-state index is 6.82. The fourth-order valence-corrected chi connectivity index (χ4v) is 8.43. The van der Waals surface area contributed by atoms with Crippen LogP contribution in [0.15, 0.2) is 10.1 Å². The van der Waals surface area contributed by atoms with Gasteiger partial charge in [-0.05, 0) is 30.1 Å². The van der Waals surface area contributed by atoms with Crippen LogP contribution >= 0.6 is 69.6 Å². The zero-order valence-electron chi connectivity index (χ0n) is 9.35. The van der Waals surface area contributed by atoms with E-state index in [1.165, 1.54) is 0 Å². The fraction of sp³-hybridized carbons (Fsp3) is 0.833. The van der Waals surface area contributed by atoms with Crippen LogP contribution in [0.2, 0.25) is 0 Å². The smallest absolute Gasteiger partial charge is 0.166 e. The molecule has 3 saturated carbocycles. The third-order valence-corrected chi connectivity index (χ3v) is 10.2. The number of rotatable bonds is 0. The molecule has 0 unspecified atom stereocenters. The van der Waals surface area contributed by atoms with Crippen molar-refractivity contribution in [3.8, 4) is 0 Å². The molecule has 0 aromatic heterocycles. The summed E-state index contributed by atoms with van der Waals surface area (Å²) in [6, 6.07) is 0. The second-order valence-corrected chi connectivity index (χ2v) is 9.58. The largest absolute Gasteiger partial charge is 0.369 e. The first kappa shape index (κ1) is 12.9. The van der Waals surface area contributed by atoms with Crippen LogP contribution in [0, 0.1) is 23.7 Å². The first-order valence-corrected chi connectivity index (χ1v) is 8.52. The molecule has 19 heavy (non-hydrogen) atoms. The lowest BCUT2D eigenvalue weighted by Crippen LogP contribution is -2.46. The Kier molecular flexibility index (Phi) is 2.18. The van der Waals surface area contributed by atoms with E-state index >= 15 is 0 Å². The van der Waals surface area contributed by atoms with E-state index in [2.05, 4.69) is 0 Å². The van der Waals surface area contributed by atoms with Crippen molar-refractivity contribution in [3.63, 3.8) is 0 Å². The Morgan fingerprint density at radius 2 is 1.26 bits per heavy atom. The summed E-state index contributed by atoms with van der Waals surface area (Å²) in [6.07, 6.45) is 1.63. The minimum absolute atomic E-state index is 0.0467. The highest BCUT2D eigenvalue weighted by atomic mass is 35.5. The molecule has 1 nitrogen and oxygen atoms in total. The van der Waals surface area contributed by atoms with Crippen molar-refractivity contribution in [3.05, 3.63) is 10.1 Å². The molecule has 0 amide bonds. The summed E-state index contributed by atoms with van der Waals surface area (Å²) in [5.41, 5.74) is 0. The SMILES string of the molecule is ClC1=C(Cl)[C@@]2(Cl)[C@H]3[C@H]4C[C@@H]([C@H]5O[C@H]45)[C@H]3[C@@]1(Cl)C2(Cl)Cl. The molecular formula is C12H8Cl6O. The van der Waals surface area contributed by atoms with Gasteiger partial charge < -0.3 is 4.74 Å². The van der Waals surface area contributed by atoms with E-state index in [0.717, 1.165) is 6.42 Å². The molecule has 0 aromatic rings. The number of epoxide rings is 1. The van der Waals surface area contributed by atoms with Crippen molar-refractivity contribution in [2.75, 3.05) is 0 Å². The van der Waals surface area contributed by atoms with Gasteiger partial charge in [-0.3, -0.25) is 0 Å². The molecule has 0 aromatic carbocycles. The lowest BCUT2D eigenvalue weighted by molar-refractivity contribution is 0.237. The van der Waals surface area contributed by atoms with E-state index in [1.54, 1.807) is 0 Å². The highest BCUT2D eigenvalue weighted by molar-refractivity contribution is 6.65. The lowest BCUT2D eigenvalue weighted by Gasteiger charge is -2.38. The Morgan fingerprint density at radius 3 is 1.68 bits per heavy atom. The number of fused-ring (bicyclic) bond motifs is 12. The zero-order chi connectivity index (χ0) is 13.5. The molecule has 8 atom stereocenters. The van der Waals surface area contributed by atoms with Gasteiger partial charge in [0.05, 0.1) is 22.3 Å². The number of halogens is 6. The molecule has 0 radical (unpaired) electrons. The average molecular weight is 381 g/mol. The third-order valence-electron chi connectivity index (χ3n) is 5.92. The average Bonchev–Trinajstić information content (AvgIpc) is 2.91. The lowest BCUT2D eigenvalue weighted by atomic mass is 9.73. The van der Waals surface area contributed by atoms with Crippen LogP contribution in [0.25, 0.3) is 0 Å². The molecule has 4 aliphatic carbocycles. The van der Waals surface area contributed by atoms with E-state index in [-0.39, 0.29) is 24.0 Å². The van der Waals surface area contributed by atoms with E-state index in [4.69, 9.17) is 74.3 Å². The minimum Gasteiger partial charge on any atom is -0.369 e. The van der Waals surface area contributed by atoms with Crippen LogP contribution in [0.3, 0.4) is 0 Å². The Hall–Kier alpha value is 1.44. The highest BCUT2D eigenvalue weighted by Gasteiger charge is 2.89. The summed E-state index contributed by atoms with van der Waals surface area (Å²) in [7, 11) is 0. The van der Waals surface area contributed by atoms with E-state index in [9.17, 15) is 0 Å². The van der Waals surface area contributed by atoms with Gasteiger partial charge in [0.2, 0.25) is 0 Å². The van der Waals surface area contributed by atoms with Crippen LogP contribution in [0.4, 0.5) is 0 Å². The van der Waals surface area contributed by atoms with Gasteiger partial charge in [0, 0.05) is 0 Å². The molecule has 7 heteroatoms. The van der Waals surface area contributed by atoms with Gasteiger partial charge in [-0.25, -0.2) is 0 Å². The third kappa shape index (κ3) is 0.986. The van der Waals surface area contributed by atoms with Crippen molar-refractivity contribution >= 4 is 69.6 Å². The van der Waals surface area contributed by atoms with Gasteiger partial charge in [0.25, 0.3) is 0 Å². The van der Waals surface area contributed by atoms with Gasteiger partial charge in [-0.15, -0.1) is 23.2 Å². The van der Waals surface area contributed by atoms with Crippen molar-refractivity contribution < 1.29 is 4.74 Å². The number of ether oxygens (including phenoxy) is 1. The Balaban J connectivity index is 1.80. The van der Waals surface area contributed by atoms with Gasteiger partial charge in [-0.2, -0.15) is 0 Å². The predicted molar refractivity (Wildman–Crippen MR) is 77.6 cm³/mol. The molecule has 5 rings (SSSR count). The minimum atomic E-state index is -1.37. The van der Waals surface area contributed by atoms with Gasteiger partial charge in [0.15, 0.2) is 4.33 Å². The molecule has 5 aliphatic rings. The maximum Gasteiger partial charge on any atom is 0.166 e. The number of allylic oxidation sites excluding steroid dienone is 2. The normalized spacial score (nSPS) is 66.6. The van der Waals surface area contributed by atoms with Crippen molar-refractivity contribution in [1.29, 1.82) is 0 Å². The Bertz CT molecular complexity index is 516. The molecule has 4 bridgehead atoms. The molecule has 104 valence electrons. The van der Waals surface area contributed by atoms with Crippen LogP contribution < -0.4 is 0 Å². The molecule has 1 aliphatic heterocycles. The van der Waals surface area contributed by atoms with Crippen molar-refractivity contribution in [2.45, 2.75) is 32.7 Å². The summed E-state index contributed by atoms with van der Waals surface area (Å²) in [4.78, 5) is -2.17. The van der Waals surface area contributed by atoms with Crippen LogP contribution in [0.5, 0.6) is 0 Å². The summed E-state index contributed by atoms with van der Waals surface area (Å²) in [6.45, 7) is 0. The molecule has 1 heterocycles. The van der Waals surface area contributed by atoms with Gasteiger partial charge >= 0.3 is 0 Å². The van der Waals surface area contributed by atoms with E-state index in [1.807, 2.05) is 0 Å². The summed E-state index contributed by atoms with van der Waals surface area (Å²) < 4.78 is 4.35. The highest BCUT2D eigenvalue weighted by Crippen LogP contribution is 2.84. The standard InChI is InChI=1S/C12H8Cl6O/c13-8-9(14)11(16)5-3-1-2(6-7(3)19-6)4(5)10(8,15)12(11,17)18/h2-7H,1H2/t2-,3-,4-,5+,6-,7-,10+,11+/m1/s1. The topological polar surface area (TPSA) is 12.5 Å². The molecular weight excluding hydrogens is 373 g/mol. The summed E-state index contributed by atoms with van der Waals surface area (Å²) in [5.74, 6) is 0.776. The second-order valence-electron chi connectivity index (χ2n) is 6.31. The Morgan fingerprint density at radius 1 is 0.842 bits per heavy atom. The van der Waals surface area contributed by atoms with E-state index in [0.29, 0.717) is 21.9 Å². The molecule has 1 saturated heterocycles. The fourth-order valence-electron chi connectivity index (χ4n) is 5.30.